The average Bonchev–Trinajstić information content (AvgIpc) is 2.85. The number of benzene rings is 1. The lowest BCUT2D eigenvalue weighted by atomic mass is 9.90. The predicted molar refractivity (Wildman–Crippen MR) is 121 cm³/mol. The monoisotopic (exact) mass is 506 g/mol. The molecule has 11 heteroatoms. The van der Waals surface area contributed by atoms with Crippen LogP contribution in [-0.4, -0.2) is 34.1 Å². The summed E-state index contributed by atoms with van der Waals surface area (Å²) in [5.74, 6) is -2.50. The van der Waals surface area contributed by atoms with Crippen molar-refractivity contribution in [3.63, 3.8) is 0 Å². The third kappa shape index (κ3) is 5.51. The third-order valence-corrected chi connectivity index (χ3v) is 5.85. The van der Waals surface area contributed by atoms with Gasteiger partial charge in [0, 0.05) is 48.6 Å². The Bertz CT molecular complexity index is 1260. The van der Waals surface area contributed by atoms with Crippen LogP contribution in [0.4, 0.5) is 27.6 Å². The van der Waals surface area contributed by atoms with Crippen molar-refractivity contribution in [2.24, 2.45) is 0 Å². The van der Waals surface area contributed by atoms with Gasteiger partial charge in [-0.15, -0.1) is 0 Å². The molecule has 0 bridgehead atoms. The van der Waals surface area contributed by atoms with E-state index in [0.717, 1.165) is 18.2 Å². The van der Waals surface area contributed by atoms with Crippen LogP contribution in [0.5, 0.6) is 0 Å². The van der Waals surface area contributed by atoms with E-state index in [-0.39, 0.29) is 41.6 Å². The highest BCUT2D eigenvalue weighted by Crippen LogP contribution is 2.42. The van der Waals surface area contributed by atoms with Gasteiger partial charge in [-0.3, -0.25) is 4.79 Å². The number of aromatic nitrogens is 3. The predicted octanol–water partition coefficient (Wildman–Crippen LogP) is 6.11. The zero-order valence-electron chi connectivity index (χ0n) is 19.5. The van der Waals surface area contributed by atoms with E-state index in [9.17, 15) is 26.7 Å². The Morgan fingerprint density at radius 3 is 2.33 bits per heavy atom. The molecule has 1 amide bonds. The van der Waals surface area contributed by atoms with Crippen molar-refractivity contribution >= 4 is 11.6 Å². The van der Waals surface area contributed by atoms with Crippen LogP contribution in [0.3, 0.4) is 0 Å². The van der Waals surface area contributed by atoms with Gasteiger partial charge in [-0.2, -0.15) is 13.2 Å². The number of pyridine rings is 1. The first-order valence-electron chi connectivity index (χ1n) is 11.3. The van der Waals surface area contributed by atoms with Crippen molar-refractivity contribution < 1.29 is 31.5 Å². The Morgan fingerprint density at radius 1 is 1.06 bits per heavy atom. The van der Waals surface area contributed by atoms with Crippen LogP contribution >= 0.6 is 0 Å². The van der Waals surface area contributed by atoms with Crippen LogP contribution < -0.4 is 5.32 Å². The zero-order chi connectivity index (χ0) is 26.0. The van der Waals surface area contributed by atoms with Crippen LogP contribution in [0.1, 0.15) is 66.1 Å². The minimum absolute atomic E-state index is 0.0175. The van der Waals surface area contributed by atoms with E-state index in [0.29, 0.717) is 24.7 Å². The van der Waals surface area contributed by atoms with Crippen molar-refractivity contribution in [1.29, 1.82) is 0 Å². The standard InChI is InChI=1S/C25H23F5N4O2/c1-13(2)23-31-11-15(12-32-23)24(35)34-22-18(17-9-16(26)3-4-19(17)27)10-20(25(28,29)30)33-21(22)14-5-7-36-8-6-14/h3-4,9-14H,5-8H2,1-2H3,(H,34,35). The Morgan fingerprint density at radius 2 is 1.72 bits per heavy atom. The number of rotatable bonds is 5. The number of alkyl halides is 3. The minimum Gasteiger partial charge on any atom is -0.381 e. The smallest absolute Gasteiger partial charge is 0.381 e. The molecule has 36 heavy (non-hydrogen) atoms. The highest BCUT2D eigenvalue weighted by atomic mass is 19.4. The van der Waals surface area contributed by atoms with Gasteiger partial charge < -0.3 is 10.1 Å². The lowest BCUT2D eigenvalue weighted by molar-refractivity contribution is -0.141. The van der Waals surface area contributed by atoms with Crippen LogP contribution in [0, 0.1) is 11.6 Å². The van der Waals surface area contributed by atoms with Gasteiger partial charge in [-0.25, -0.2) is 23.7 Å². The second-order valence-electron chi connectivity index (χ2n) is 8.76. The van der Waals surface area contributed by atoms with Gasteiger partial charge in [0.25, 0.3) is 5.91 Å². The third-order valence-electron chi connectivity index (χ3n) is 5.85. The lowest BCUT2D eigenvalue weighted by Gasteiger charge is -2.26. The van der Waals surface area contributed by atoms with E-state index < -0.39 is 40.9 Å². The summed E-state index contributed by atoms with van der Waals surface area (Å²) in [6.45, 7) is 4.32. The molecule has 1 saturated heterocycles. The van der Waals surface area contributed by atoms with Crippen LogP contribution in [0.15, 0.2) is 36.7 Å². The molecule has 1 aliphatic heterocycles. The molecule has 1 aliphatic rings. The summed E-state index contributed by atoms with van der Waals surface area (Å²) in [5, 5.41) is 2.59. The molecule has 3 heterocycles. The fourth-order valence-corrected chi connectivity index (χ4v) is 3.96. The van der Waals surface area contributed by atoms with Crippen LogP contribution in [-0.2, 0) is 10.9 Å². The number of carbonyl (C=O) groups is 1. The molecule has 1 aromatic carbocycles. The first-order valence-corrected chi connectivity index (χ1v) is 11.3. The zero-order valence-corrected chi connectivity index (χ0v) is 19.5. The van der Waals surface area contributed by atoms with Crippen molar-refractivity contribution in [3.05, 3.63) is 71.1 Å². The summed E-state index contributed by atoms with van der Waals surface area (Å²) in [4.78, 5) is 25.2. The molecule has 0 atom stereocenters. The summed E-state index contributed by atoms with van der Waals surface area (Å²) in [6.07, 6.45) is -1.58. The van der Waals surface area contributed by atoms with Gasteiger partial charge in [0.05, 0.1) is 16.9 Å². The fraction of sp³-hybridized carbons (Fsp3) is 0.360. The van der Waals surface area contributed by atoms with Crippen molar-refractivity contribution in [1.82, 2.24) is 15.0 Å². The fourth-order valence-electron chi connectivity index (χ4n) is 3.96. The summed E-state index contributed by atoms with van der Waals surface area (Å²) in [5.41, 5.74) is -2.19. The molecular formula is C25H23F5N4O2. The van der Waals surface area contributed by atoms with E-state index in [2.05, 4.69) is 20.3 Å². The maximum absolute atomic E-state index is 14.8. The number of ether oxygens (including phenoxy) is 1. The second-order valence-corrected chi connectivity index (χ2v) is 8.76. The summed E-state index contributed by atoms with van der Waals surface area (Å²) in [6, 6.07) is 3.08. The Kier molecular flexibility index (Phi) is 7.30. The van der Waals surface area contributed by atoms with Gasteiger partial charge in [-0.1, -0.05) is 13.8 Å². The minimum atomic E-state index is -4.86. The number of nitrogens with one attached hydrogen (secondary N) is 1. The van der Waals surface area contributed by atoms with E-state index in [1.54, 1.807) is 0 Å². The average molecular weight is 506 g/mol. The SMILES string of the molecule is CC(C)c1ncc(C(=O)Nc2c(-c3cc(F)ccc3F)cc(C(F)(F)F)nc2C2CCOCC2)cn1. The Labute approximate surface area is 204 Å². The number of nitrogens with zero attached hydrogens (tertiary/aromatic N) is 3. The molecule has 3 aromatic rings. The molecule has 0 aliphatic carbocycles. The number of hydrogen-bond acceptors (Lipinski definition) is 5. The number of carbonyl (C=O) groups excluding carboxylic acids is 1. The van der Waals surface area contributed by atoms with Gasteiger partial charge >= 0.3 is 6.18 Å². The largest absolute Gasteiger partial charge is 0.433 e. The number of amides is 1. The van der Waals surface area contributed by atoms with Gasteiger partial charge in [0.2, 0.25) is 0 Å². The van der Waals surface area contributed by atoms with Crippen LogP contribution in [0.25, 0.3) is 11.1 Å². The normalized spacial score (nSPS) is 14.8. The summed E-state index contributed by atoms with van der Waals surface area (Å²) >= 11 is 0. The molecular weight excluding hydrogens is 483 g/mol. The van der Waals surface area contributed by atoms with E-state index in [1.807, 2.05) is 13.8 Å². The summed E-state index contributed by atoms with van der Waals surface area (Å²) in [7, 11) is 0. The molecule has 6 nitrogen and oxygen atoms in total. The molecule has 0 spiro atoms. The van der Waals surface area contributed by atoms with Gasteiger partial charge in [-0.05, 0) is 37.1 Å². The number of anilines is 1. The molecule has 190 valence electrons. The molecule has 2 aromatic heterocycles. The first-order chi connectivity index (χ1) is 17.0. The molecule has 0 saturated carbocycles. The lowest BCUT2D eigenvalue weighted by Crippen LogP contribution is -2.22. The Balaban J connectivity index is 1.89. The highest BCUT2D eigenvalue weighted by Gasteiger charge is 2.36. The van der Waals surface area contributed by atoms with E-state index >= 15 is 0 Å². The topological polar surface area (TPSA) is 77.0 Å². The maximum atomic E-state index is 14.8. The Hall–Kier alpha value is -3.47. The molecule has 0 radical (unpaired) electrons. The van der Waals surface area contributed by atoms with E-state index in [4.69, 9.17) is 4.74 Å². The summed E-state index contributed by atoms with van der Waals surface area (Å²) < 4.78 is 75.6. The maximum Gasteiger partial charge on any atom is 0.433 e. The highest BCUT2D eigenvalue weighted by molar-refractivity contribution is 6.06. The first kappa shape index (κ1) is 25.6. The molecule has 1 fully saturated rings. The quantitative estimate of drug-likeness (QED) is 0.423. The molecule has 1 N–H and O–H groups in total. The van der Waals surface area contributed by atoms with Crippen LogP contribution in [0.2, 0.25) is 0 Å². The van der Waals surface area contributed by atoms with E-state index in [1.165, 1.54) is 12.4 Å². The molecule has 4 rings (SSSR count). The van der Waals surface area contributed by atoms with Gasteiger partial charge in [0.1, 0.15) is 23.2 Å². The van der Waals surface area contributed by atoms with Crippen molar-refractivity contribution in [3.8, 4) is 11.1 Å². The molecule has 0 unspecified atom stereocenters. The van der Waals surface area contributed by atoms with Crippen molar-refractivity contribution in [2.45, 2.75) is 44.7 Å². The number of halogens is 5. The second kappa shape index (κ2) is 10.3. The van der Waals surface area contributed by atoms with Gasteiger partial charge in [0.15, 0.2) is 0 Å². The van der Waals surface area contributed by atoms with Crippen molar-refractivity contribution in [2.75, 3.05) is 18.5 Å². The number of hydrogen-bond donors (Lipinski definition) is 1.